The average molecular weight is 468 g/mol. The number of carbonyl (C=O) groups is 1. The number of methoxy groups -OCH3 is 1. The maximum atomic E-state index is 14.1. The number of halogens is 3. The van der Waals surface area contributed by atoms with Crippen LogP contribution in [0, 0.1) is 17.5 Å². The lowest BCUT2D eigenvalue weighted by molar-refractivity contribution is 0.0736. The predicted molar refractivity (Wildman–Crippen MR) is 117 cm³/mol. The van der Waals surface area contributed by atoms with Gasteiger partial charge in [-0.05, 0) is 17.7 Å². The van der Waals surface area contributed by atoms with Gasteiger partial charge in [-0.25, -0.2) is 18.2 Å². The van der Waals surface area contributed by atoms with Crippen molar-refractivity contribution in [2.45, 2.75) is 0 Å². The number of fused-ring (bicyclic) bond motifs is 1. The molecule has 0 spiro atoms. The fourth-order valence-corrected chi connectivity index (χ4v) is 4.07. The Labute approximate surface area is 192 Å². The van der Waals surface area contributed by atoms with Crippen molar-refractivity contribution in [1.82, 2.24) is 24.5 Å². The van der Waals surface area contributed by atoms with Crippen LogP contribution < -0.4 is 9.64 Å². The highest BCUT2D eigenvalue weighted by molar-refractivity contribution is 5.95. The molecule has 0 saturated carbocycles. The van der Waals surface area contributed by atoms with Crippen molar-refractivity contribution in [1.29, 1.82) is 0 Å². The lowest BCUT2D eigenvalue weighted by Crippen LogP contribution is -2.49. The minimum absolute atomic E-state index is 0.204. The van der Waals surface area contributed by atoms with E-state index in [0.717, 1.165) is 16.9 Å². The first kappa shape index (κ1) is 21.7. The number of carbonyl (C=O) groups excluding carboxylic acids is 1. The number of amides is 1. The van der Waals surface area contributed by atoms with Gasteiger partial charge in [0, 0.05) is 50.1 Å². The normalized spacial score (nSPS) is 14.0. The van der Waals surface area contributed by atoms with Gasteiger partial charge in [0.25, 0.3) is 11.7 Å². The van der Waals surface area contributed by atoms with Crippen LogP contribution in [-0.4, -0.2) is 63.7 Å². The minimum Gasteiger partial charge on any atom is -0.497 e. The predicted octanol–water partition coefficient (Wildman–Crippen LogP) is 3.18. The minimum atomic E-state index is -1.22. The number of ether oxygens (including phenoxy) is 1. The van der Waals surface area contributed by atoms with Gasteiger partial charge >= 0.3 is 0 Å². The Morgan fingerprint density at radius 1 is 0.971 bits per heavy atom. The lowest BCUT2D eigenvalue weighted by Gasteiger charge is -2.36. The molecule has 0 bridgehead atoms. The highest BCUT2D eigenvalue weighted by Gasteiger charge is 2.29. The van der Waals surface area contributed by atoms with Gasteiger partial charge in [0.15, 0.2) is 0 Å². The number of hydrogen-bond acceptors (Lipinski definition) is 6. The summed E-state index contributed by atoms with van der Waals surface area (Å²) in [5.74, 6) is -2.45. The summed E-state index contributed by atoms with van der Waals surface area (Å²) in [5, 5.41) is 4.31. The molecule has 1 aliphatic heterocycles. The summed E-state index contributed by atoms with van der Waals surface area (Å²) < 4.78 is 48.3. The second kappa shape index (κ2) is 8.65. The summed E-state index contributed by atoms with van der Waals surface area (Å²) in [6.07, 6.45) is 3.12. The second-order valence-corrected chi connectivity index (χ2v) is 7.72. The van der Waals surface area contributed by atoms with Crippen LogP contribution in [0.15, 0.2) is 48.9 Å². The van der Waals surface area contributed by atoms with E-state index in [1.54, 1.807) is 17.8 Å². The van der Waals surface area contributed by atoms with Crippen molar-refractivity contribution in [2.75, 3.05) is 38.2 Å². The third-order valence-electron chi connectivity index (χ3n) is 5.77. The molecule has 8 nitrogen and oxygen atoms in total. The van der Waals surface area contributed by atoms with Crippen molar-refractivity contribution in [3.8, 4) is 16.9 Å². The first-order chi connectivity index (χ1) is 16.5. The van der Waals surface area contributed by atoms with Crippen LogP contribution in [0.1, 0.15) is 10.4 Å². The van der Waals surface area contributed by atoms with Crippen molar-refractivity contribution in [3.63, 3.8) is 0 Å². The van der Waals surface area contributed by atoms with E-state index in [1.807, 2.05) is 29.2 Å². The zero-order chi connectivity index (χ0) is 23.8. The number of aromatic nitrogens is 4. The summed E-state index contributed by atoms with van der Waals surface area (Å²) in [7, 11) is 1.59. The van der Waals surface area contributed by atoms with E-state index in [9.17, 15) is 18.0 Å². The number of benzene rings is 2. The van der Waals surface area contributed by atoms with Gasteiger partial charge < -0.3 is 14.5 Å². The molecule has 1 saturated heterocycles. The molecule has 1 amide bonds. The van der Waals surface area contributed by atoms with Crippen LogP contribution in [0.2, 0.25) is 0 Å². The molecular formula is C23H19F3N6O2. The molecule has 11 heteroatoms. The van der Waals surface area contributed by atoms with Crippen molar-refractivity contribution in [2.24, 2.45) is 0 Å². The Bertz CT molecular complexity index is 1340. The Kier molecular flexibility index (Phi) is 5.52. The van der Waals surface area contributed by atoms with Gasteiger partial charge in [-0.3, -0.25) is 4.79 Å². The van der Waals surface area contributed by atoms with Crippen LogP contribution in [0.4, 0.5) is 19.0 Å². The van der Waals surface area contributed by atoms with Crippen LogP contribution >= 0.6 is 0 Å². The molecule has 174 valence electrons. The number of piperazine rings is 1. The third-order valence-corrected chi connectivity index (χ3v) is 5.77. The summed E-state index contributed by atoms with van der Waals surface area (Å²) in [5.41, 5.74) is 0.932. The van der Waals surface area contributed by atoms with E-state index in [2.05, 4.69) is 15.1 Å². The van der Waals surface area contributed by atoms with E-state index in [4.69, 9.17) is 4.74 Å². The van der Waals surface area contributed by atoms with Crippen LogP contribution in [0.3, 0.4) is 0 Å². The molecule has 1 aliphatic rings. The third kappa shape index (κ3) is 3.78. The molecule has 2 aromatic carbocycles. The Balaban J connectivity index is 1.44. The topological polar surface area (TPSA) is 75.9 Å². The van der Waals surface area contributed by atoms with Gasteiger partial charge in [-0.1, -0.05) is 12.1 Å². The fourth-order valence-electron chi connectivity index (χ4n) is 4.07. The van der Waals surface area contributed by atoms with Crippen LogP contribution in [-0.2, 0) is 0 Å². The van der Waals surface area contributed by atoms with Gasteiger partial charge in [0.2, 0.25) is 0 Å². The van der Waals surface area contributed by atoms with Crippen molar-refractivity contribution in [3.05, 3.63) is 71.9 Å². The lowest BCUT2D eigenvalue weighted by atomic mass is 10.1. The Morgan fingerprint density at radius 2 is 1.65 bits per heavy atom. The maximum Gasteiger partial charge on any atom is 0.259 e. The van der Waals surface area contributed by atoms with Crippen molar-refractivity contribution < 1.29 is 22.7 Å². The fraction of sp³-hybridized carbons (Fsp3) is 0.217. The number of rotatable bonds is 4. The Morgan fingerprint density at radius 3 is 2.29 bits per heavy atom. The van der Waals surface area contributed by atoms with Gasteiger partial charge in [0.1, 0.15) is 40.9 Å². The molecule has 0 unspecified atom stereocenters. The molecule has 0 radical (unpaired) electrons. The monoisotopic (exact) mass is 468 g/mol. The molecule has 34 heavy (non-hydrogen) atoms. The van der Waals surface area contributed by atoms with Gasteiger partial charge in [-0.2, -0.15) is 14.6 Å². The maximum absolute atomic E-state index is 14.1. The van der Waals surface area contributed by atoms with E-state index < -0.39 is 28.9 Å². The quantitative estimate of drug-likeness (QED) is 0.458. The molecule has 5 rings (SSSR count). The zero-order valence-electron chi connectivity index (χ0n) is 18.1. The number of nitrogens with zero attached hydrogens (tertiary/aromatic N) is 6. The largest absolute Gasteiger partial charge is 0.497 e. The molecule has 0 N–H and O–H groups in total. The molecule has 2 aromatic heterocycles. The molecule has 0 aliphatic carbocycles. The van der Waals surface area contributed by atoms with E-state index in [-0.39, 0.29) is 13.1 Å². The Hall–Kier alpha value is -4.15. The summed E-state index contributed by atoms with van der Waals surface area (Å²) in [4.78, 5) is 24.7. The SMILES string of the molecule is COc1ccc(-c2cnc3ncnn3c2N2CCN(C(=O)c3c(F)cc(F)cc3F)CC2)cc1. The first-order valence-corrected chi connectivity index (χ1v) is 10.5. The summed E-state index contributed by atoms with van der Waals surface area (Å²) in [6, 6.07) is 8.50. The smallest absolute Gasteiger partial charge is 0.259 e. The molecule has 3 heterocycles. The number of anilines is 1. The van der Waals surface area contributed by atoms with Crippen LogP contribution in [0.25, 0.3) is 16.9 Å². The van der Waals surface area contributed by atoms with E-state index >= 15 is 0 Å². The zero-order valence-corrected chi connectivity index (χ0v) is 18.1. The number of hydrogen-bond donors (Lipinski definition) is 0. The van der Waals surface area contributed by atoms with Crippen LogP contribution in [0.5, 0.6) is 5.75 Å². The summed E-state index contributed by atoms with van der Waals surface area (Å²) in [6.45, 7) is 1.15. The van der Waals surface area contributed by atoms with E-state index in [0.29, 0.717) is 36.7 Å². The van der Waals surface area contributed by atoms with Gasteiger partial charge in [-0.15, -0.1) is 0 Å². The highest BCUT2D eigenvalue weighted by Crippen LogP contribution is 2.32. The second-order valence-electron chi connectivity index (χ2n) is 7.72. The first-order valence-electron chi connectivity index (χ1n) is 10.5. The van der Waals surface area contributed by atoms with E-state index in [1.165, 1.54) is 11.2 Å². The summed E-state index contributed by atoms with van der Waals surface area (Å²) >= 11 is 0. The average Bonchev–Trinajstić information content (AvgIpc) is 3.32. The molecular weight excluding hydrogens is 449 g/mol. The molecule has 0 atom stereocenters. The molecule has 1 fully saturated rings. The van der Waals surface area contributed by atoms with Gasteiger partial charge in [0.05, 0.1) is 7.11 Å². The molecule has 4 aromatic rings. The van der Waals surface area contributed by atoms with Crippen molar-refractivity contribution >= 4 is 17.5 Å². The highest BCUT2D eigenvalue weighted by atomic mass is 19.1. The standard InChI is InChI=1S/C23H19F3N6O2/c1-34-16-4-2-14(3-5-16)17-12-27-23-28-13-29-32(23)21(17)30-6-8-31(9-7-30)22(33)20-18(25)10-15(24)11-19(20)26/h2-5,10-13H,6-9H2,1H3.